The van der Waals surface area contributed by atoms with E-state index in [2.05, 4.69) is 5.32 Å². The summed E-state index contributed by atoms with van der Waals surface area (Å²) in [6, 6.07) is 0. The number of hydrogen-bond donors (Lipinski definition) is 3. The van der Waals surface area contributed by atoms with Gasteiger partial charge in [0.25, 0.3) is 0 Å². The minimum Gasteiger partial charge on any atom is -0.412 e. The minimum atomic E-state index is 0. The van der Waals surface area contributed by atoms with Crippen molar-refractivity contribution >= 4 is 29.9 Å². The molecule has 0 atom stereocenters. The molecule has 1 saturated heterocycles. The van der Waals surface area contributed by atoms with Gasteiger partial charge in [0.05, 0.1) is 0 Å². The van der Waals surface area contributed by atoms with E-state index in [0.29, 0.717) is 0 Å². The Morgan fingerprint density at radius 3 is 2.09 bits per heavy atom. The summed E-state index contributed by atoms with van der Waals surface area (Å²) in [5, 5.41) is 10.2. The zero-order valence-corrected chi connectivity index (χ0v) is 8.59. The van der Waals surface area contributed by atoms with Gasteiger partial charge >= 0.3 is 0 Å². The highest BCUT2D eigenvalue weighted by atomic mass is 127. The number of nitrogens with two attached hydrogens (primary N) is 1. The van der Waals surface area contributed by atoms with E-state index in [1.54, 1.807) is 0 Å². The molecular weight excluding hydrogens is 259 g/mol. The highest BCUT2D eigenvalue weighted by molar-refractivity contribution is 14.0. The van der Waals surface area contributed by atoms with Crippen molar-refractivity contribution in [3.8, 4) is 0 Å². The lowest BCUT2D eigenvalue weighted by molar-refractivity contribution is 0.352. The molecule has 6 heteroatoms. The summed E-state index contributed by atoms with van der Waals surface area (Å²) >= 11 is 0. The number of guanidine groups is 1. The van der Waals surface area contributed by atoms with Gasteiger partial charge in [-0.1, -0.05) is 0 Å². The molecule has 68 valence electrons. The molecule has 0 amide bonds. The van der Waals surface area contributed by atoms with E-state index in [1.165, 1.54) is 0 Å². The van der Waals surface area contributed by atoms with Gasteiger partial charge in [-0.2, -0.15) is 0 Å². The first-order valence-corrected chi connectivity index (χ1v) is 3.10. The lowest BCUT2D eigenvalue weighted by atomic mass is 10.4. The summed E-state index contributed by atoms with van der Waals surface area (Å²) < 4.78 is 0. The van der Waals surface area contributed by atoms with Crippen molar-refractivity contribution in [3.05, 3.63) is 0 Å². The zero-order chi connectivity index (χ0) is 6.69. The van der Waals surface area contributed by atoms with Gasteiger partial charge in [0, 0.05) is 26.2 Å². The molecule has 1 rings (SSSR count). The van der Waals surface area contributed by atoms with Crippen molar-refractivity contribution < 1.29 is 5.48 Å². The van der Waals surface area contributed by atoms with Gasteiger partial charge in [-0.25, -0.2) is 0 Å². The number of halogens is 1. The molecule has 0 aromatic rings. The molecule has 1 aliphatic rings. The Morgan fingerprint density at radius 1 is 1.36 bits per heavy atom. The van der Waals surface area contributed by atoms with Crippen molar-refractivity contribution in [1.82, 2.24) is 10.2 Å². The summed E-state index contributed by atoms with van der Waals surface area (Å²) in [4.78, 5) is 1.86. The van der Waals surface area contributed by atoms with Gasteiger partial charge in [-0.15, -0.1) is 24.0 Å². The predicted molar refractivity (Wildman–Crippen MR) is 55.4 cm³/mol. The van der Waals surface area contributed by atoms with Crippen LogP contribution < -0.4 is 11.1 Å². The van der Waals surface area contributed by atoms with Crippen LogP contribution in [0.3, 0.4) is 0 Å². The largest absolute Gasteiger partial charge is 0.412 e. The van der Waals surface area contributed by atoms with E-state index in [9.17, 15) is 0 Å². The predicted octanol–water partition coefficient (Wildman–Crippen LogP) is -1.42. The van der Waals surface area contributed by atoms with Crippen LogP contribution in [0, 0.1) is 5.41 Å². The monoisotopic (exact) mass is 274 g/mol. The summed E-state index contributed by atoms with van der Waals surface area (Å²) in [6.45, 7) is 3.63. The van der Waals surface area contributed by atoms with Gasteiger partial charge in [0.2, 0.25) is 0 Å². The fourth-order valence-corrected chi connectivity index (χ4v) is 0.906. The number of rotatable bonds is 0. The van der Waals surface area contributed by atoms with Crippen LogP contribution in [-0.2, 0) is 0 Å². The molecule has 5 nitrogen and oxygen atoms in total. The van der Waals surface area contributed by atoms with E-state index >= 15 is 0 Å². The van der Waals surface area contributed by atoms with Gasteiger partial charge in [0.1, 0.15) is 0 Å². The van der Waals surface area contributed by atoms with E-state index in [4.69, 9.17) is 11.1 Å². The molecule has 0 unspecified atom stereocenters. The Kier molecular flexibility index (Phi) is 8.13. The third-order valence-electron chi connectivity index (χ3n) is 1.46. The maximum Gasteiger partial charge on any atom is 0.188 e. The molecule has 0 saturated carbocycles. The van der Waals surface area contributed by atoms with Crippen molar-refractivity contribution in [3.63, 3.8) is 0 Å². The average Bonchev–Trinajstić information content (AvgIpc) is 1.90. The molecule has 11 heavy (non-hydrogen) atoms. The molecule has 0 aliphatic carbocycles. The van der Waals surface area contributed by atoms with Crippen molar-refractivity contribution in [2.45, 2.75) is 0 Å². The third-order valence-corrected chi connectivity index (χ3v) is 1.46. The second-order valence-corrected chi connectivity index (χ2v) is 2.12. The Hall–Kier alpha value is -0.0800. The van der Waals surface area contributed by atoms with Gasteiger partial charge in [-0.05, 0) is 0 Å². The fourth-order valence-electron chi connectivity index (χ4n) is 0.906. The highest BCUT2D eigenvalue weighted by Crippen LogP contribution is 1.88. The Balaban J connectivity index is 0. The second kappa shape index (κ2) is 6.62. The third kappa shape index (κ3) is 4.38. The normalized spacial score (nSPS) is 16.2. The van der Waals surface area contributed by atoms with E-state index in [0.717, 1.165) is 26.2 Å². The van der Waals surface area contributed by atoms with Crippen LogP contribution in [0.5, 0.6) is 0 Å². The van der Waals surface area contributed by atoms with E-state index in [1.807, 2.05) is 4.90 Å². The molecule has 6 N–H and O–H groups in total. The van der Waals surface area contributed by atoms with Gasteiger partial charge < -0.3 is 21.4 Å². The number of piperazine rings is 1. The Labute approximate surface area is 83.2 Å². The first-order valence-electron chi connectivity index (χ1n) is 3.10. The Bertz CT molecular complexity index is 115. The molecular formula is C5H15IN4O. The quantitative estimate of drug-likeness (QED) is 0.287. The van der Waals surface area contributed by atoms with E-state index < -0.39 is 0 Å². The Morgan fingerprint density at radius 2 is 1.82 bits per heavy atom. The summed E-state index contributed by atoms with van der Waals surface area (Å²) in [6.07, 6.45) is 0. The van der Waals surface area contributed by atoms with Crippen LogP contribution in [0.2, 0.25) is 0 Å². The molecule has 0 bridgehead atoms. The summed E-state index contributed by atoms with van der Waals surface area (Å²) in [5.41, 5.74) is 5.25. The van der Waals surface area contributed by atoms with Gasteiger partial charge in [-0.3, -0.25) is 5.41 Å². The lowest BCUT2D eigenvalue weighted by Crippen LogP contribution is -2.48. The SMILES string of the molecule is I.N=C(N)N1CCNCC1.O. The fraction of sp³-hybridized carbons (Fsp3) is 0.800. The van der Waals surface area contributed by atoms with Crippen LogP contribution in [0.4, 0.5) is 0 Å². The van der Waals surface area contributed by atoms with Crippen LogP contribution in [0.15, 0.2) is 0 Å². The molecule has 1 fully saturated rings. The minimum absolute atomic E-state index is 0. The maximum atomic E-state index is 7.06. The molecule has 1 aliphatic heterocycles. The zero-order valence-electron chi connectivity index (χ0n) is 6.26. The van der Waals surface area contributed by atoms with Gasteiger partial charge in [0.15, 0.2) is 5.96 Å². The van der Waals surface area contributed by atoms with Crippen molar-refractivity contribution in [2.75, 3.05) is 26.2 Å². The van der Waals surface area contributed by atoms with Crippen LogP contribution in [-0.4, -0.2) is 42.5 Å². The summed E-state index contributed by atoms with van der Waals surface area (Å²) in [5.74, 6) is 0.191. The van der Waals surface area contributed by atoms with Crippen LogP contribution in [0.1, 0.15) is 0 Å². The smallest absolute Gasteiger partial charge is 0.188 e. The number of nitrogens with zero attached hydrogens (tertiary/aromatic N) is 1. The standard InChI is InChI=1S/C5H12N4.HI.H2O/c6-5(7)9-3-1-8-2-4-9;;/h8H,1-4H2,(H3,6,7);1H;1H2. The summed E-state index contributed by atoms with van der Waals surface area (Å²) in [7, 11) is 0. The first-order chi connectivity index (χ1) is 4.30. The van der Waals surface area contributed by atoms with E-state index in [-0.39, 0.29) is 35.4 Å². The average molecular weight is 274 g/mol. The molecule has 0 spiro atoms. The molecule has 1 heterocycles. The topological polar surface area (TPSA) is 96.6 Å². The lowest BCUT2D eigenvalue weighted by Gasteiger charge is -2.27. The number of nitrogens with one attached hydrogen (secondary N) is 2. The van der Waals surface area contributed by atoms with Crippen LogP contribution >= 0.6 is 24.0 Å². The molecule has 0 radical (unpaired) electrons. The molecule has 0 aromatic heterocycles. The van der Waals surface area contributed by atoms with Crippen molar-refractivity contribution in [1.29, 1.82) is 5.41 Å². The second-order valence-electron chi connectivity index (χ2n) is 2.12. The maximum absolute atomic E-state index is 7.06. The highest BCUT2D eigenvalue weighted by Gasteiger charge is 2.08. The number of hydrogen-bond acceptors (Lipinski definition) is 2. The molecule has 0 aromatic carbocycles. The van der Waals surface area contributed by atoms with Crippen LogP contribution in [0.25, 0.3) is 0 Å². The van der Waals surface area contributed by atoms with Crippen molar-refractivity contribution in [2.24, 2.45) is 5.73 Å². The first kappa shape index (κ1) is 13.5.